The molecule has 0 aliphatic heterocycles. The first-order valence-corrected chi connectivity index (χ1v) is 5.25. The molecule has 0 bridgehead atoms. The molecule has 0 aliphatic rings. The van der Waals surface area contributed by atoms with Crippen LogP contribution in [0.25, 0.3) is 0 Å². The lowest BCUT2D eigenvalue weighted by Gasteiger charge is -2.10. The molecule has 0 heterocycles. The van der Waals surface area contributed by atoms with Gasteiger partial charge in [-0.05, 0) is 18.2 Å². The van der Waals surface area contributed by atoms with Crippen molar-refractivity contribution in [1.82, 2.24) is 0 Å². The van der Waals surface area contributed by atoms with Gasteiger partial charge in [0.2, 0.25) is 5.91 Å². The van der Waals surface area contributed by atoms with Gasteiger partial charge in [0.1, 0.15) is 5.82 Å². The summed E-state index contributed by atoms with van der Waals surface area (Å²) in [5, 5.41) is 4.13. The molecule has 0 saturated carbocycles. The maximum absolute atomic E-state index is 13.3. The summed E-state index contributed by atoms with van der Waals surface area (Å²) in [5.41, 5.74) is -0.242. The van der Waals surface area contributed by atoms with E-state index in [1.807, 2.05) is 5.32 Å². The van der Waals surface area contributed by atoms with Gasteiger partial charge in [-0.25, -0.2) is 9.18 Å². The van der Waals surface area contributed by atoms with Gasteiger partial charge in [-0.3, -0.25) is 10.1 Å². The van der Waals surface area contributed by atoms with Crippen LogP contribution in [0, 0.1) is 5.82 Å². The van der Waals surface area contributed by atoms with Crippen LogP contribution in [0.5, 0.6) is 0 Å². The maximum atomic E-state index is 13.3. The minimum absolute atomic E-state index is 0.0256. The second-order valence-electron chi connectivity index (χ2n) is 3.69. The second-order valence-corrected chi connectivity index (χ2v) is 3.69. The van der Waals surface area contributed by atoms with Gasteiger partial charge in [0, 0.05) is 12.6 Å². The number of hydrogen-bond donors (Lipinski definition) is 2. The minimum Gasteiger partial charge on any atom is -0.440 e. The van der Waals surface area contributed by atoms with Crippen molar-refractivity contribution in [2.75, 3.05) is 17.2 Å². The maximum Gasteiger partial charge on any atom is 0.422 e. The van der Waals surface area contributed by atoms with Crippen LogP contribution in [0.1, 0.15) is 6.92 Å². The first-order chi connectivity index (χ1) is 9.17. The molecule has 1 aromatic carbocycles. The number of nitrogens with one attached hydrogen (secondary N) is 2. The highest BCUT2D eigenvalue weighted by molar-refractivity contribution is 5.91. The standard InChI is InChI=1S/C11H10F4N2O3/c1-6(18)16-9-4-7(2-3-8(9)12)17-10(19)20-5-11(13,14)15/h2-4H,5H2,1H3,(H,16,18)(H,17,19). The van der Waals surface area contributed by atoms with Gasteiger partial charge in [0.15, 0.2) is 6.61 Å². The molecule has 0 unspecified atom stereocenters. The summed E-state index contributed by atoms with van der Waals surface area (Å²) in [6.07, 6.45) is -5.98. The van der Waals surface area contributed by atoms with E-state index in [0.717, 1.165) is 25.1 Å². The predicted molar refractivity (Wildman–Crippen MR) is 61.7 cm³/mol. The molecule has 0 saturated heterocycles. The summed E-state index contributed by atoms with van der Waals surface area (Å²) in [4.78, 5) is 21.9. The molecular weight excluding hydrogens is 284 g/mol. The van der Waals surface area contributed by atoms with E-state index < -0.39 is 30.6 Å². The fraction of sp³-hybridized carbons (Fsp3) is 0.273. The van der Waals surface area contributed by atoms with Gasteiger partial charge < -0.3 is 10.1 Å². The summed E-state index contributed by atoms with van der Waals surface area (Å²) >= 11 is 0. The smallest absolute Gasteiger partial charge is 0.422 e. The Morgan fingerprint density at radius 2 is 1.90 bits per heavy atom. The van der Waals surface area contributed by atoms with Gasteiger partial charge in [-0.1, -0.05) is 0 Å². The third-order valence-corrected chi connectivity index (χ3v) is 1.89. The van der Waals surface area contributed by atoms with Crippen molar-refractivity contribution < 1.29 is 31.9 Å². The lowest BCUT2D eigenvalue weighted by Crippen LogP contribution is -2.23. The molecule has 1 aromatic rings. The van der Waals surface area contributed by atoms with Crippen molar-refractivity contribution in [1.29, 1.82) is 0 Å². The highest BCUT2D eigenvalue weighted by Gasteiger charge is 2.29. The van der Waals surface area contributed by atoms with Crippen molar-refractivity contribution >= 4 is 23.4 Å². The molecule has 0 aliphatic carbocycles. The Morgan fingerprint density at radius 3 is 2.45 bits per heavy atom. The number of amides is 2. The van der Waals surface area contributed by atoms with Crippen LogP contribution in [-0.4, -0.2) is 24.8 Å². The van der Waals surface area contributed by atoms with Crippen LogP contribution < -0.4 is 10.6 Å². The molecular formula is C11H10F4N2O3. The molecule has 0 radical (unpaired) electrons. The Labute approximate surface area is 110 Å². The number of alkyl halides is 3. The van der Waals surface area contributed by atoms with Crippen LogP contribution in [-0.2, 0) is 9.53 Å². The average Bonchev–Trinajstić information content (AvgIpc) is 2.29. The highest BCUT2D eigenvalue weighted by atomic mass is 19.4. The average molecular weight is 294 g/mol. The molecule has 2 N–H and O–H groups in total. The number of rotatable bonds is 3. The Hall–Kier alpha value is -2.32. The number of carbonyl (C=O) groups is 2. The van der Waals surface area contributed by atoms with Crippen LogP contribution in [0.2, 0.25) is 0 Å². The normalized spacial score (nSPS) is 10.8. The Bertz CT molecular complexity index is 517. The second kappa shape index (κ2) is 6.22. The van der Waals surface area contributed by atoms with E-state index in [1.54, 1.807) is 0 Å². The third kappa shape index (κ3) is 5.55. The number of hydrogen-bond acceptors (Lipinski definition) is 3. The molecule has 0 fully saturated rings. The SMILES string of the molecule is CC(=O)Nc1cc(NC(=O)OCC(F)(F)F)ccc1F. The van der Waals surface area contributed by atoms with Crippen molar-refractivity contribution in [2.24, 2.45) is 0 Å². The zero-order valence-electron chi connectivity index (χ0n) is 10.2. The highest BCUT2D eigenvalue weighted by Crippen LogP contribution is 2.20. The fourth-order valence-electron chi connectivity index (χ4n) is 1.19. The van der Waals surface area contributed by atoms with Gasteiger partial charge in [0.05, 0.1) is 5.69 Å². The molecule has 20 heavy (non-hydrogen) atoms. The Balaban J connectivity index is 2.68. The number of anilines is 2. The topological polar surface area (TPSA) is 67.4 Å². The molecule has 110 valence electrons. The monoisotopic (exact) mass is 294 g/mol. The predicted octanol–water partition coefficient (Wildman–Crippen LogP) is 2.89. The number of carbonyl (C=O) groups excluding carboxylic acids is 2. The summed E-state index contributed by atoms with van der Waals surface area (Å²) in [6, 6.07) is 3.09. The number of halogens is 4. The van der Waals surface area contributed by atoms with Crippen LogP contribution in [0.15, 0.2) is 18.2 Å². The van der Waals surface area contributed by atoms with Gasteiger partial charge >= 0.3 is 12.3 Å². The van der Waals surface area contributed by atoms with Crippen LogP contribution in [0.3, 0.4) is 0 Å². The summed E-state index contributed by atoms with van der Waals surface area (Å²) in [6.45, 7) is -0.588. The quantitative estimate of drug-likeness (QED) is 0.842. The lowest BCUT2D eigenvalue weighted by atomic mass is 10.2. The van der Waals surface area contributed by atoms with Crippen molar-refractivity contribution in [3.63, 3.8) is 0 Å². The van der Waals surface area contributed by atoms with Crippen LogP contribution in [0.4, 0.5) is 33.7 Å². The Kier molecular flexibility index (Phi) is 4.89. The summed E-state index contributed by atoms with van der Waals surface area (Å²) in [5.74, 6) is -1.30. The van der Waals surface area contributed by atoms with E-state index in [0.29, 0.717) is 0 Å². The van der Waals surface area contributed by atoms with Gasteiger partial charge in [0.25, 0.3) is 0 Å². The molecule has 0 spiro atoms. The first kappa shape index (κ1) is 15.7. The molecule has 9 heteroatoms. The first-order valence-electron chi connectivity index (χ1n) is 5.25. The van der Waals surface area contributed by atoms with Gasteiger partial charge in [-0.15, -0.1) is 0 Å². The zero-order valence-corrected chi connectivity index (χ0v) is 10.2. The van der Waals surface area contributed by atoms with Crippen LogP contribution >= 0.6 is 0 Å². The fourth-order valence-corrected chi connectivity index (χ4v) is 1.19. The van der Waals surface area contributed by atoms with E-state index in [-0.39, 0.29) is 11.4 Å². The van der Waals surface area contributed by atoms with E-state index in [9.17, 15) is 27.2 Å². The molecule has 2 amide bonds. The van der Waals surface area contributed by atoms with E-state index in [1.165, 1.54) is 0 Å². The summed E-state index contributed by atoms with van der Waals surface area (Å²) in [7, 11) is 0. The molecule has 1 rings (SSSR count). The Morgan fingerprint density at radius 1 is 1.25 bits per heavy atom. The van der Waals surface area contributed by atoms with Crippen molar-refractivity contribution in [2.45, 2.75) is 13.1 Å². The summed E-state index contributed by atoms with van der Waals surface area (Å²) < 4.78 is 52.6. The van der Waals surface area contributed by atoms with E-state index >= 15 is 0 Å². The molecule has 0 aromatic heterocycles. The van der Waals surface area contributed by atoms with E-state index in [4.69, 9.17) is 0 Å². The number of benzene rings is 1. The molecule has 0 atom stereocenters. The minimum atomic E-state index is -4.64. The third-order valence-electron chi connectivity index (χ3n) is 1.89. The lowest BCUT2D eigenvalue weighted by molar-refractivity contribution is -0.159. The number of ether oxygens (including phenoxy) is 1. The zero-order chi connectivity index (χ0) is 15.3. The van der Waals surface area contributed by atoms with Crippen molar-refractivity contribution in [3.05, 3.63) is 24.0 Å². The van der Waals surface area contributed by atoms with Gasteiger partial charge in [-0.2, -0.15) is 13.2 Å². The molecule has 5 nitrogen and oxygen atoms in total. The van der Waals surface area contributed by atoms with E-state index in [2.05, 4.69) is 10.1 Å². The van der Waals surface area contributed by atoms with Crippen molar-refractivity contribution in [3.8, 4) is 0 Å². The largest absolute Gasteiger partial charge is 0.440 e.